The van der Waals surface area contributed by atoms with Crippen molar-refractivity contribution in [1.82, 2.24) is 15.0 Å². The summed E-state index contributed by atoms with van der Waals surface area (Å²) in [6.45, 7) is 0. The molecule has 0 bridgehead atoms. The summed E-state index contributed by atoms with van der Waals surface area (Å²) in [7, 11) is 1.45. The summed E-state index contributed by atoms with van der Waals surface area (Å²) in [5.74, 6) is -6.09. The molecule has 1 N–H and O–H groups in total. The minimum atomic E-state index is -2.89. The first-order valence-electron chi connectivity index (χ1n) is 11.3. The largest absolute Gasteiger partial charge is 0.481 e. The number of aromatic nitrogens is 3. The lowest BCUT2D eigenvalue weighted by molar-refractivity contribution is -0.119. The molecule has 0 aliphatic heterocycles. The summed E-state index contributed by atoms with van der Waals surface area (Å²) in [6.07, 6.45) is 4.46. The quantitative estimate of drug-likeness (QED) is 0.448. The molecule has 3 atom stereocenters. The molecule has 0 radical (unpaired) electrons. The molecule has 2 aliphatic carbocycles. The molecule has 2 aromatic heterocycles. The molecule has 2 heterocycles. The summed E-state index contributed by atoms with van der Waals surface area (Å²) >= 11 is 0. The van der Waals surface area contributed by atoms with Gasteiger partial charge in [0.2, 0.25) is 17.7 Å². The number of halogens is 4. The van der Waals surface area contributed by atoms with Gasteiger partial charge >= 0.3 is 0 Å². The minimum Gasteiger partial charge on any atom is -0.481 e. The predicted octanol–water partition coefficient (Wildman–Crippen LogP) is 5.50. The molecule has 3 aromatic rings. The van der Waals surface area contributed by atoms with Crippen LogP contribution >= 0.6 is 0 Å². The summed E-state index contributed by atoms with van der Waals surface area (Å²) < 4.78 is 66.6. The highest BCUT2D eigenvalue weighted by atomic mass is 19.3. The average molecular weight is 502 g/mol. The van der Waals surface area contributed by atoms with Gasteiger partial charge in [-0.25, -0.2) is 32.5 Å². The first kappa shape index (κ1) is 24.0. The Morgan fingerprint density at radius 2 is 1.81 bits per heavy atom. The number of nitrogens with zero attached hydrogens (tertiary/aromatic N) is 3. The topological polar surface area (TPSA) is 86.2 Å². The smallest absolute Gasteiger partial charge is 0.255 e. The second-order valence-electron chi connectivity index (χ2n) is 9.18. The molecule has 2 fully saturated rings. The van der Waals surface area contributed by atoms with Crippen molar-refractivity contribution in [2.45, 2.75) is 37.5 Å². The molecule has 2 saturated carbocycles. The third kappa shape index (κ3) is 4.69. The van der Waals surface area contributed by atoms with E-state index in [1.54, 1.807) is 12.1 Å². The summed E-state index contributed by atoms with van der Waals surface area (Å²) in [6, 6.07) is 6.00. The maximum atomic E-state index is 14.8. The van der Waals surface area contributed by atoms with E-state index >= 15 is 0 Å². The van der Waals surface area contributed by atoms with E-state index < -0.39 is 34.8 Å². The van der Waals surface area contributed by atoms with E-state index in [2.05, 4.69) is 20.3 Å². The maximum absolute atomic E-state index is 14.8. The molecule has 1 spiro atoms. The molecule has 0 saturated heterocycles. The fraction of sp³-hybridized carbons (Fsp3) is 0.360. The van der Waals surface area contributed by atoms with E-state index in [9.17, 15) is 22.4 Å². The second kappa shape index (κ2) is 9.03. The van der Waals surface area contributed by atoms with Crippen molar-refractivity contribution in [3.63, 3.8) is 0 Å². The molecule has 2 aliphatic rings. The number of ether oxygens (including phenoxy) is 2. The van der Waals surface area contributed by atoms with Crippen LogP contribution in [0.1, 0.15) is 37.2 Å². The number of hydrogen-bond donors (Lipinski definition) is 1. The van der Waals surface area contributed by atoms with Gasteiger partial charge in [0.25, 0.3) is 5.92 Å². The van der Waals surface area contributed by atoms with E-state index in [1.807, 2.05) is 0 Å². The molecular weight excluding hydrogens is 480 g/mol. The number of carbonyl (C=O) groups excluding carboxylic acids is 1. The highest BCUT2D eigenvalue weighted by Gasteiger charge is 2.64. The maximum Gasteiger partial charge on any atom is 0.255 e. The third-order valence-electron chi connectivity index (χ3n) is 6.94. The van der Waals surface area contributed by atoms with Crippen LogP contribution < -0.4 is 14.8 Å². The molecule has 2 unspecified atom stereocenters. The van der Waals surface area contributed by atoms with Crippen LogP contribution in [0.5, 0.6) is 17.5 Å². The second-order valence-corrected chi connectivity index (χ2v) is 9.18. The Kier molecular flexibility index (Phi) is 6.01. The Morgan fingerprint density at radius 1 is 1.00 bits per heavy atom. The number of anilines is 1. The molecule has 7 nitrogen and oxygen atoms in total. The van der Waals surface area contributed by atoms with Crippen LogP contribution in [0, 0.1) is 23.0 Å². The number of pyridine rings is 1. The number of nitrogens with one attached hydrogen (secondary N) is 1. The van der Waals surface area contributed by atoms with Gasteiger partial charge in [0.15, 0.2) is 17.4 Å². The SMILES string of the molecule is COc1ccc([C@H]2CC3(CCC2(F)F)CC3C(=O)Nc2cnc(Oc3ccc(F)cc3F)cn2)cn1. The monoisotopic (exact) mass is 502 g/mol. The Morgan fingerprint density at radius 3 is 2.47 bits per heavy atom. The van der Waals surface area contributed by atoms with Gasteiger partial charge in [0.1, 0.15) is 5.82 Å². The number of alkyl halides is 2. The van der Waals surface area contributed by atoms with Crippen molar-refractivity contribution >= 4 is 11.7 Å². The standard InChI is InChI=1S/C25H22F4N4O3/c1-35-21-5-2-14(11-31-21)16-9-24(6-7-25(16,28)29)10-17(24)23(34)33-20-12-32-22(13-30-20)36-19-4-3-15(26)8-18(19)27/h2-5,8,11-13,16-17H,6-7,9-10H2,1H3,(H,30,33,34)/t16-,17?,24?/m1/s1. The van der Waals surface area contributed by atoms with E-state index in [4.69, 9.17) is 9.47 Å². The van der Waals surface area contributed by atoms with Gasteiger partial charge in [-0.3, -0.25) is 4.79 Å². The van der Waals surface area contributed by atoms with Crippen LogP contribution in [0.25, 0.3) is 0 Å². The lowest BCUT2D eigenvalue weighted by Crippen LogP contribution is -2.36. The van der Waals surface area contributed by atoms with Gasteiger partial charge in [-0.2, -0.15) is 0 Å². The van der Waals surface area contributed by atoms with Crippen LogP contribution in [0.2, 0.25) is 0 Å². The van der Waals surface area contributed by atoms with Crippen molar-refractivity contribution in [3.8, 4) is 17.5 Å². The lowest BCUT2D eigenvalue weighted by atomic mass is 9.72. The van der Waals surface area contributed by atoms with Crippen LogP contribution in [0.4, 0.5) is 23.4 Å². The van der Waals surface area contributed by atoms with Crippen LogP contribution in [-0.2, 0) is 4.79 Å². The molecule has 5 rings (SSSR count). The fourth-order valence-corrected chi connectivity index (χ4v) is 4.87. The highest BCUT2D eigenvalue weighted by Crippen LogP contribution is 2.66. The normalized spacial score (nSPS) is 24.2. The molecule has 11 heteroatoms. The van der Waals surface area contributed by atoms with Crippen molar-refractivity contribution in [1.29, 1.82) is 0 Å². The van der Waals surface area contributed by atoms with Gasteiger partial charge in [0.05, 0.1) is 19.5 Å². The Labute approximate surface area is 203 Å². The lowest BCUT2D eigenvalue weighted by Gasteiger charge is -2.37. The number of hydrogen-bond acceptors (Lipinski definition) is 6. The number of rotatable bonds is 6. The van der Waals surface area contributed by atoms with E-state index in [0.717, 1.165) is 12.1 Å². The van der Waals surface area contributed by atoms with Gasteiger partial charge in [-0.1, -0.05) is 6.07 Å². The third-order valence-corrected chi connectivity index (χ3v) is 6.94. The van der Waals surface area contributed by atoms with E-state index in [-0.39, 0.29) is 42.6 Å². The zero-order chi connectivity index (χ0) is 25.5. The summed E-state index contributed by atoms with van der Waals surface area (Å²) in [5, 5.41) is 2.67. The zero-order valence-corrected chi connectivity index (χ0v) is 19.2. The van der Waals surface area contributed by atoms with E-state index in [1.165, 1.54) is 25.7 Å². The van der Waals surface area contributed by atoms with Crippen molar-refractivity contribution < 1.29 is 31.8 Å². The molecule has 1 aromatic carbocycles. The summed E-state index contributed by atoms with van der Waals surface area (Å²) in [4.78, 5) is 25.0. The number of methoxy groups -OCH3 is 1. The minimum absolute atomic E-state index is 0.0492. The Bertz CT molecular complexity index is 1270. The molecule has 36 heavy (non-hydrogen) atoms. The molecule has 188 valence electrons. The van der Waals surface area contributed by atoms with Gasteiger partial charge in [-0.15, -0.1) is 0 Å². The van der Waals surface area contributed by atoms with Gasteiger partial charge in [0, 0.05) is 36.6 Å². The molecule has 1 amide bonds. The Hall–Kier alpha value is -3.76. The number of amides is 1. The summed E-state index contributed by atoms with van der Waals surface area (Å²) in [5.41, 5.74) is -0.0857. The average Bonchev–Trinajstić information content (AvgIpc) is 3.58. The van der Waals surface area contributed by atoms with Crippen LogP contribution in [0.15, 0.2) is 48.9 Å². The van der Waals surface area contributed by atoms with E-state index in [0.29, 0.717) is 23.9 Å². The first-order chi connectivity index (χ1) is 17.2. The molecular formula is C25H22F4N4O3. The highest BCUT2D eigenvalue weighted by molar-refractivity contribution is 5.94. The predicted molar refractivity (Wildman–Crippen MR) is 120 cm³/mol. The van der Waals surface area contributed by atoms with Crippen molar-refractivity contribution in [3.05, 3.63) is 66.1 Å². The number of carbonyl (C=O) groups is 1. The number of benzene rings is 1. The fourth-order valence-electron chi connectivity index (χ4n) is 4.87. The van der Waals surface area contributed by atoms with Crippen molar-refractivity contribution in [2.75, 3.05) is 12.4 Å². The first-order valence-corrected chi connectivity index (χ1v) is 11.3. The van der Waals surface area contributed by atoms with Crippen molar-refractivity contribution in [2.24, 2.45) is 11.3 Å². The van der Waals surface area contributed by atoms with Gasteiger partial charge in [-0.05, 0) is 42.4 Å². The van der Waals surface area contributed by atoms with Crippen LogP contribution in [0.3, 0.4) is 0 Å². The van der Waals surface area contributed by atoms with Crippen LogP contribution in [-0.4, -0.2) is 33.9 Å². The van der Waals surface area contributed by atoms with Gasteiger partial charge < -0.3 is 14.8 Å². The Balaban J connectivity index is 1.22. The zero-order valence-electron chi connectivity index (χ0n) is 19.2.